The predicted molar refractivity (Wildman–Crippen MR) is 45.0 cm³/mol. The van der Waals surface area contributed by atoms with Crippen molar-refractivity contribution < 1.29 is 10.2 Å². The van der Waals surface area contributed by atoms with Crippen LogP contribution in [-0.2, 0) is 0 Å². The Morgan fingerprint density at radius 3 is 2.36 bits per heavy atom. The summed E-state index contributed by atoms with van der Waals surface area (Å²) in [6.45, 7) is 4.95. The molecule has 0 aliphatic rings. The highest BCUT2D eigenvalue weighted by Gasteiger charge is 2.23. The van der Waals surface area contributed by atoms with Gasteiger partial charge in [0.1, 0.15) is 0 Å². The summed E-state index contributed by atoms with van der Waals surface area (Å²) < 4.78 is 0. The van der Waals surface area contributed by atoms with Crippen molar-refractivity contribution in [2.45, 2.75) is 45.3 Å². The van der Waals surface area contributed by atoms with Crippen LogP contribution in [0.3, 0.4) is 0 Å². The zero-order valence-corrected chi connectivity index (χ0v) is 7.39. The van der Waals surface area contributed by atoms with Crippen LogP contribution in [0.1, 0.15) is 33.6 Å². The van der Waals surface area contributed by atoms with Crippen LogP contribution in [0.25, 0.3) is 0 Å². The Morgan fingerprint density at radius 2 is 2.00 bits per heavy atom. The fraction of sp³-hybridized carbons (Fsp3) is 0.778. The summed E-state index contributed by atoms with van der Waals surface area (Å²) in [4.78, 5) is 0. The van der Waals surface area contributed by atoms with Crippen molar-refractivity contribution in [1.29, 1.82) is 0 Å². The Labute approximate surface area is 68.2 Å². The van der Waals surface area contributed by atoms with Gasteiger partial charge in [-0.3, -0.25) is 0 Å². The van der Waals surface area contributed by atoms with Gasteiger partial charge in [0.2, 0.25) is 0 Å². The van der Waals surface area contributed by atoms with E-state index in [0.29, 0.717) is 12.8 Å². The molecule has 2 nitrogen and oxygen atoms in total. The SMILES string of the molecule is CC#CCCC(O)C(C)(C)O. The Morgan fingerprint density at radius 1 is 1.45 bits per heavy atom. The van der Waals surface area contributed by atoms with E-state index in [1.807, 2.05) is 0 Å². The molecule has 0 saturated carbocycles. The molecule has 0 fully saturated rings. The van der Waals surface area contributed by atoms with Crippen molar-refractivity contribution in [3.63, 3.8) is 0 Å². The van der Waals surface area contributed by atoms with Crippen molar-refractivity contribution >= 4 is 0 Å². The lowest BCUT2D eigenvalue weighted by molar-refractivity contribution is -0.0504. The summed E-state index contributed by atoms with van der Waals surface area (Å²) in [7, 11) is 0. The highest BCUT2D eigenvalue weighted by molar-refractivity contribution is 4.96. The maximum absolute atomic E-state index is 9.29. The molecule has 0 amide bonds. The third-order valence-electron chi connectivity index (χ3n) is 1.54. The summed E-state index contributed by atoms with van der Waals surface area (Å²) >= 11 is 0. The molecule has 0 aromatic rings. The van der Waals surface area contributed by atoms with Gasteiger partial charge in [0.15, 0.2) is 0 Å². The zero-order chi connectivity index (χ0) is 8.91. The number of aliphatic hydroxyl groups excluding tert-OH is 1. The summed E-state index contributed by atoms with van der Waals surface area (Å²) in [5, 5.41) is 18.6. The smallest absolute Gasteiger partial charge is 0.0849 e. The number of aliphatic hydroxyl groups is 2. The van der Waals surface area contributed by atoms with Crippen LogP contribution < -0.4 is 0 Å². The van der Waals surface area contributed by atoms with E-state index in [2.05, 4.69) is 11.8 Å². The average molecular weight is 156 g/mol. The van der Waals surface area contributed by atoms with Gasteiger partial charge in [-0.05, 0) is 27.2 Å². The number of hydrogen-bond acceptors (Lipinski definition) is 2. The van der Waals surface area contributed by atoms with Gasteiger partial charge in [0.25, 0.3) is 0 Å². The molecule has 1 atom stereocenters. The van der Waals surface area contributed by atoms with Crippen LogP contribution in [0.5, 0.6) is 0 Å². The van der Waals surface area contributed by atoms with Crippen LogP contribution in [0, 0.1) is 11.8 Å². The van der Waals surface area contributed by atoms with E-state index in [4.69, 9.17) is 0 Å². The van der Waals surface area contributed by atoms with Gasteiger partial charge >= 0.3 is 0 Å². The quantitative estimate of drug-likeness (QED) is 0.596. The van der Waals surface area contributed by atoms with E-state index in [1.165, 1.54) is 0 Å². The fourth-order valence-corrected chi connectivity index (χ4v) is 0.687. The Bertz CT molecular complexity index is 157. The van der Waals surface area contributed by atoms with E-state index < -0.39 is 11.7 Å². The first-order valence-corrected chi connectivity index (χ1v) is 3.78. The highest BCUT2D eigenvalue weighted by atomic mass is 16.3. The van der Waals surface area contributed by atoms with Gasteiger partial charge in [-0.15, -0.1) is 11.8 Å². The molecule has 64 valence electrons. The molecule has 0 aliphatic carbocycles. The molecule has 0 saturated heterocycles. The van der Waals surface area contributed by atoms with Gasteiger partial charge in [0, 0.05) is 6.42 Å². The van der Waals surface area contributed by atoms with E-state index >= 15 is 0 Å². The molecule has 0 aliphatic heterocycles. The first-order valence-electron chi connectivity index (χ1n) is 3.78. The Hall–Kier alpha value is -0.520. The summed E-state index contributed by atoms with van der Waals surface area (Å²) in [5.41, 5.74) is -1.00. The minimum atomic E-state index is -1.00. The molecule has 0 aromatic heterocycles. The molecule has 11 heavy (non-hydrogen) atoms. The molecule has 2 heteroatoms. The molecule has 0 aromatic carbocycles. The van der Waals surface area contributed by atoms with Crippen LogP contribution in [-0.4, -0.2) is 21.9 Å². The average Bonchev–Trinajstić information content (AvgIpc) is 1.86. The Balaban J connectivity index is 3.67. The minimum Gasteiger partial charge on any atom is -0.390 e. The minimum absolute atomic E-state index is 0.532. The normalized spacial score (nSPS) is 13.5. The molecule has 2 N–H and O–H groups in total. The third-order valence-corrected chi connectivity index (χ3v) is 1.54. The largest absolute Gasteiger partial charge is 0.390 e. The van der Waals surface area contributed by atoms with Crippen molar-refractivity contribution in [2.24, 2.45) is 0 Å². The second kappa shape index (κ2) is 4.38. The van der Waals surface area contributed by atoms with Crippen molar-refractivity contribution in [3.8, 4) is 11.8 Å². The molecular formula is C9H16O2. The van der Waals surface area contributed by atoms with Crippen LogP contribution in [0.15, 0.2) is 0 Å². The molecular weight excluding hydrogens is 140 g/mol. The summed E-state index contributed by atoms with van der Waals surface area (Å²) in [6.07, 6.45) is 0.495. The monoisotopic (exact) mass is 156 g/mol. The lowest BCUT2D eigenvalue weighted by atomic mass is 9.98. The van der Waals surface area contributed by atoms with E-state index in [-0.39, 0.29) is 0 Å². The van der Waals surface area contributed by atoms with Crippen molar-refractivity contribution in [1.82, 2.24) is 0 Å². The molecule has 0 bridgehead atoms. The zero-order valence-electron chi connectivity index (χ0n) is 7.39. The molecule has 0 spiro atoms. The summed E-state index contributed by atoms with van der Waals surface area (Å²) in [5.74, 6) is 5.56. The molecule has 0 heterocycles. The van der Waals surface area contributed by atoms with Gasteiger partial charge < -0.3 is 10.2 Å². The lowest BCUT2D eigenvalue weighted by Gasteiger charge is -2.23. The molecule has 0 radical (unpaired) electrons. The van der Waals surface area contributed by atoms with Gasteiger partial charge in [-0.1, -0.05) is 0 Å². The van der Waals surface area contributed by atoms with Crippen LogP contribution >= 0.6 is 0 Å². The van der Waals surface area contributed by atoms with Crippen LogP contribution in [0.4, 0.5) is 0 Å². The molecule has 1 unspecified atom stereocenters. The predicted octanol–water partition coefficient (Wildman–Crippen LogP) is 0.922. The second-order valence-electron chi connectivity index (χ2n) is 3.13. The Kier molecular flexibility index (Phi) is 4.17. The van der Waals surface area contributed by atoms with Crippen LogP contribution in [0.2, 0.25) is 0 Å². The van der Waals surface area contributed by atoms with Crippen molar-refractivity contribution in [3.05, 3.63) is 0 Å². The van der Waals surface area contributed by atoms with E-state index in [0.717, 1.165) is 0 Å². The highest BCUT2D eigenvalue weighted by Crippen LogP contribution is 2.12. The topological polar surface area (TPSA) is 40.5 Å². The fourth-order valence-electron chi connectivity index (χ4n) is 0.687. The maximum atomic E-state index is 9.29. The third kappa shape index (κ3) is 4.83. The van der Waals surface area contributed by atoms with Gasteiger partial charge in [-0.2, -0.15) is 0 Å². The van der Waals surface area contributed by atoms with Crippen molar-refractivity contribution in [2.75, 3.05) is 0 Å². The van der Waals surface area contributed by atoms with E-state index in [9.17, 15) is 10.2 Å². The second-order valence-corrected chi connectivity index (χ2v) is 3.13. The summed E-state index contributed by atoms with van der Waals surface area (Å²) in [6, 6.07) is 0. The van der Waals surface area contributed by atoms with Gasteiger partial charge in [-0.25, -0.2) is 0 Å². The first kappa shape index (κ1) is 10.5. The number of hydrogen-bond donors (Lipinski definition) is 2. The number of rotatable bonds is 3. The van der Waals surface area contributed by atoms with E-state index in [1.54, 1.807) is 20.8 Å². The first-order chi connectivity index (χ1) is 4.98. The van der Waals surface area contributed by atoms with Gasteiger partial charge in [0.05, 0.1) is 11.7 Å². The molecule has 0 rings (SSSR count). The standard InChI is InChI=1S/C9H16O2/c1-4-5-6-7-8(10)9(2,3)11/h8,10-11H,6-7H2,1-3H3. The lowest BCUT2D eigenvalue weighted by Crippen LogP contribution is -2.35. The maximum Gasteiger partial charge on any atom is 0.0849 e.